The Bertz CT molecular complexity index is 619. The van der Waals surface area contributed by atoms with Crippen molar-refractivity contribution in [2.75, 3.05) is 5.32 Å². The first-order valence-corrected chi connectivity index (χ1v) is 7.78. The van der Waals surface area contributed by atoms with Gasteiger partial charge in [0.15, 0.2) is 0 Å². The van der Waals surface area contributed by atoms with E-state index in [0.717, 1.165) is 0 Å². The van der Waals surface area contributed by atoms with Gasteiger partial charge in [0.05, 0.1) is 0 Å². The SMILES string of the molecule is CC1=C(C)C(C)C(c2cccc3c2NC(C)CC3)=C1C. The molecule has 2 atom stereocenters. The van der Waals surface area contributed by atoms with Gasteiger partial charge in [-0.25, -0.2) is 0 Å². The molecule has 0 saturated carbocycles. The van der Waals surface area contributed by atoms with Gasteiger partial charge in [0.2, 0.25) is 0 Å². The third-order valence-electron chi connectivity index (χ3n) is 5.32. The van der Waals surface area contributed by atoms with E-state index in [9.17, 15) is 0 Å². The molecule has 1 aromatic rings. The minimum absolute atomic E-state index is 0.542. The summed E-state index contributed by atoms with van der Waals surface area (Å²) >= 11 is 0. The lowest BCUT2D eigenvalue weighted by Gasteiger charge is -2.28. The standard InChI is InChI=1S/C19H25N/c1-11-9-10-16-7-6-8-17(19(16)20-11)18-14(4)12(2)13(3)15(18)5/h6-8,11,14,20H,9-10H2,1-5H3. The number of para-hydroxylation sites is 1. The molecule has 1 aromatic carbocycles. The van der Waals surface area contributed by atoms with Crippen LogP contribution < -0.4 is 5.32 Å². The molecule has 0 amide bonds. The zero-order valence-corrected chi connectivity index (χ0v) is 13.3. The van der Waals surface area contributed by atoms with Crippen LogP contribution in [0.15, 0.2) is 34.9 Å². The molecule has 1 nitrogen and oxygen atoms in total. The Morgan fingerprint density at radius 1 is 1.05 bits per heavy atom. The van der Waals surface area contributed by atoms with Gasteiger partial charge in [-0.1, -0.05) is 30.7 Å². The highest BCUT2D eigenvalue weighted by molar-refractivity contribution is 5.87. The number of hydrogen-bond donors (Lipinski definition) is 1. The molecule has 0 spiro atoms. The van der Waals surface area contributed by atoms with Crippen molar-refractivity contribution in [3.63, 3.8) is 0 Å². The average molecular weight is 267 g/mol. The van der Waals surface area contributed by atoms with Gasteiger partial charge in [-0.3, -0.25) is 0 Å². The first kappa shape index (κ1) is 13.5. The Balaban J connectivity index is 2.14. The molecular weight excluding hydrogens is 242 g/mol. The maximum absolute atomic E-state index is 3.72. The number of allylic oxidation sites excluding steroid dienone is 4. The summed E-state index contributed by atoms with van der Waals surface area (Å²) < 4.78 is 0. The highest BCUT2D eigenvalue weighted by Gasteiger charge is 2.28. The Hall–Kier alpha value is -1.50. The number of hydrogen-bond acceptors (Lipinski definition) is 1. The second-order valence-corrected chi connectivity index (χ2v) is 6.49. The number of anilines is 1. The lowest BCUT2D eigenvalue weighted by atomic mass is 9.87. The Labute approximate surface area is 122 Å². The molecule has 1 N–H and O–H groups in total. The summed E-state index contributed by atoms with van der Waals surface area (Å²) in [4.78, 5) is 0. The van der Waals surface area contributed by atoms with E-state index in [-0.39, 0.29) is 0 Å². The largest absolute Gasteiger partial charge is 0.382 e. The average Bonchev–Trinajstić information content (AvgIpc) is 2.63. The van der Waals surface area contributed by atoms with Crippen LogP contribution in [0.5, 0.6) is 0 Å². The van der Waals surface area contributed by atoms with Crippen molar-refractivity contribution in [2.24, 2.45) is 5.92 Å². The van der Waals surface area contributed by atoms with Crippen LogP contribution in [0.25, 0.3) is 5.57 Å². The van der Waals surface area contributed by atoms with E-state index in [2.05, 4.69) is 58.1 Å². The van der Waals surface area contributed by atoms with Crippen LogP contribution in [-0.4, -0.2) is 6.04 Å². The lowest BCUT2D eigenvalue weighted by molar-refractivity contribution is 0.680. The van der Waals surface area contributed by atoms with Gasteiger partial charge < -0.3 is 5.32 Å². The molecule has 0 bridgehead atoms. The summed E-state index contributed by atoms with van der Waals surface area (Å²) in [6.45, 7) is 11.5. The van der Waals surface area contributed by atoms with Gasteiger partial charge in [0.1, 0.15) is 0 Å². The van der Waals surface area contributed by atoms with Crippen LogP contribution in [0, 0.1) is 5.92 Å². The summed E-state index contributed by atoms with van der Waals surface area (Å²) in [5.41, 5.74) is 10.3. The monoisotopic (exact) mass is 267 g/mol. The minimum Gasteiger partial charge on any atom is -0.382 e. The van der Waals surface area contributed by atoms with Crippen LogP contribution >= 0.6 is 0 Å². The molecule has 106 valence electrons. The number of fused-ring (bicyclic) bond motifs is 1. The van der Waals surface area contributed by atoms with E-state index in [4.69, 9.17) is 0 Å². The molecule has 20 heavy (non-hydrogen) atoms. The Morgan fingerprint density at radius 2 is 1.80 bits per heavy atom. The van der Waals surface area contributed by atoms with Gasteiger partial charge in [-0.2, -0.15) is 0 Å². The molecule has 0 fully saturated rings. The van der Waals surface area contributed by atoms with E-state index >= 15 is 0 Å². The van der Waals surface area contributed by atoms with Crippen LogP contribution in [0.3, 0.4) is 0 Å². The van der Waals surface area contributed by atoms with E-state index in [1.54, 1.807) is 0 Å². The predicted molar refractivity (Wildman–Crippen MR) is 88.0 cm³/mol. The van der Waals surface area contributed by atoms with Crippen LogP contribution in [0.4, 0.5) is 5.69 Å². The number of nitrogens with one attached hydrogen (secondary N) is 1. The second kappa shape index (κ2) is 4.80. The summed E-state index contributed by atoms with van der Waals surface area (Å²) in [5.74, 6) is 0.542. The van der Waals surface area contributed by atoms with Crippen molar-refractivity contribution in [3.05, 3.63) is 46.0 Å². The fourth-order valence-corrected chi connectivity index (χ4v) is 3.69. The van der Waals surface area contributed by atoms with E-state index in [1.165, 1.54) is 51.9 Å². The Kier molecular flexibility index (Phi) is 3.24. The van der Waals surface area contributed by atoms with E-state index in [1.807, 2.05) is 0 Å². The van der Waals surface area contributed by atoms with Crippen LogP contribution in [0.1, 0.15) is 52.2 Å². The number of benzene rings is 1. The van der Waals surface area contributed by atoms with Crippen molar-refractivity contribution in [2.45, 2.75) is 53.5 Å². The van der Waals surface area contributed by atoms with Gasteiger partial charge in [0, 0.05) is 23.2 Å². The summed E-state index contributed by atoms with van der Waals surface area (Å²) in [6.07, 6.45) is 2.43. The topological polar surface area (TPSA) is 12.0 Å². The normalized spacial score (nSPS) is 25.9. The molecule has 1 heteroatoms. The lowest BCUT2D eigenvalue weighted by Crippen LogP contribution is -2.23. The molecule has 3 rings (SSSR count). The highest BCUT2D eigenvalue weighted by atomic mass is 14.9. The highest BCUT2D eigenvalue weighted by Crippen LogP contribution is 2.45. The first-order valence-electron chi connectivity index (χ1n) is 7.78. The quantitative estimate of drug-likeness (QED) is 0.738. The first-order chi connectivity index (χ1) is 9.50. The van der Waals surface area contributed by atoms with E-state index < -0.39 is 0 Å². The van der Waals surface area contributed by atoms with Gasteiger partial charge in [0.25, 0.3) is 0 Å². The van der Waals surface area contributed by atoms with Crippen molar-refractivity contribution in [3.8, 4) is 0 Å². The summed E-state index contributed by atoms with van der Waals surface area (Å²) in [7, 11) is 0. The molecule has 1 aliphatic carbocycles. The molecular formula is C19H25N. The molecule has 0 aromatic heterocycles. The molecule has 0 radical (unpaired) electrons. The third-order valence-corrected chi connectivity index (χ3v) is 5.32. The Morgan fingerprint density at radius 3 is 2.45 bits per heavy atom. The van der Waals surface area contributed by atoms with Gasteiger partial charge >= 0.3 is 0 Å². The number of aryl methyl sites for hydroxylation is 1. The molecule has 0 saturated heterocycles. The van der Waals surface area contributed by atoms with Crippen molar-refractivity contribution in [1.29, 1.82) is 0 Å². The second-order valence-electron chi connectivity index (χ2n) is 6.49. The minimum atomic E-state index is 0.542. The summed E-state index contributed by atoms with van der Waals surface area (Å²) in [5, 5.41) is 3.72. The maximum Gasteiger partial charge on any atom is 0.0451 e. The fourth-order valence-electron chi connectivity index (χ4n) is 3.69. The molecule has 1 aliphatic heterocycles. The van der Waals surface area contributed by atoms with Crippen LogP contribution in [-0.2, 0) is 6.42 Å². The zero-order chi connectivity index (χ0) is 14.4. The van der Waals surface area contributed by atoms with Crippen molar-refractivity contribution >= 4 is 11.3 Å². The summed E-state index contributed by atoms with van der Waals surface area (Å²) in [6, 6.07) is 7.38. The fraction of sp³-hybridized carbons (Fsp3) is 0.474. The van der Waals surface area contributed by atoms with Gasteiger partial charge in [-0.15, -0.1) is 0 Å². The van der Waals surface area contributed by atoms with Gasteiger partial charge in [-0.05, 0) is 62.8 Å². The number of rotatable bonds is 1. The molecule has 2 aliphatic rings. The van der Waals surface area contributed by atoms with E-state index in [0.29, 0.717) is 12.0 Å². The molecule has 1 heterocycles. The van der Waals surface area contributed by atoms with Crippen LogP contribution in [0.2, 0.25) is 0 Å². The predicted octanol–water partition coefficient (Wildman–Crippen LogP) is 5.19. The zero-order valence-electron chi connectivity index (χ0n) is 13.3. The smallest absolute Gasteiger partial charge is 0.0451 e. The maximum atomic E-state index is 3.72. The van der Waals surface area contributed by atoms with Crippen molar-refractivity contribution in [1.82, 2.24) is 0 Å². The third kappa shape index (κ3) is 1.91. The molecule has 2 unspecified atom stereocenters. The van der Waals surface area contributed by atoms with Crippen molar-refractivity contribution < 1.29 is 0 Å².